The number of carboxylic acids is 1. The smallest absolute Gasteiger partial charge is 0.372 e. The van der Waals surface area contributed by atoms with Gasteiger partial charge in [-0.3, -0.25) is 4.79 Å². The molecule has 0 aliphatic carbocycles. The van der Waals surface area contributed by atoms with Crippen molar-refractivity contribution in [2.24, 2.45) is 0 Å². The molecule has 0 bridgehead atoms. The predicted molar refractivity (Wildman–Crippen MR) is 93.3 cm³/mol. The Morgan fingerprint density at radius 3 is 2.50 bits per heavy atom. The Morgan fingerprint density at radius 2 is 1.92 bits per heavy atom. The van der Waals surface area contributed by atoms with E-state index in [1.54, 1.807) is 6.92 Å². The molecule has 0 saturated carbocycles. The minimum absolute atomic E-state index is 0.230. The molecule has 2 heterocycles. The first-order valence-corrected chi connectivity index (χ1v) is 8.20. The van der Waals surface area contributed by atoms with Crippen LogP contribution >= 0.6 is 0 Å². The number of rotatable bonds is 3. The van der Waals surface area contributed by atoms with Gasteiger partial charge in [-0.2, -0.15) is 0 Å². The number of nitrogens with zero attached hydrogens (tertiary/aromatic N) is 2. The number of hydrogen-bond donors (Lipinski definition) is 1. The molecule has 1 aromatic carbocycles. The minimum atomic E-state index is -1.20. The number of carboxylic acid groups (broad SMARTS) is 1. The SMILES string of the molecule is CCc1c(C(=O)O)oc2c(N3CCN(C)CC3)ccc(C)c2c1=O. The Balaban J connectivity index is 2.27. The topological polar surface area (TPSA) is 74.0 Å². The maximum absolute atomic E-state index is 12.8. The summed E-state index contributed by atoms with van der Waals surface area (Å²) in [4.78, 5) is 28.8. The van der Waals surface area contributed by atoms with Crippen molar-refractivity contribution in [3.05, 3.63) is 39.2 Å². The molecule has 3 rings (SSSR count). The molecule has 1 aliphatic heterocycles. The second kappa shape index (κ2) is 6.28. The molecule has 6 heteroatoms. The molecule has 1 fully saturated rings. The van der Waals surface area contributed by atoms with Gasteiger partial charge in [0.15, 0.2) is 11.0 Å². The van der Waals surface area contributed by atoms with Crippen LogP contribution in [-0.4, -0.2) is 49.2 Å². The van der Waals surface area contributed by atoms with Crippen LogP contribution in [0.5, 0.6) is 0 Å². The molecule has 2 aromatic rings. The molecular weight excluding hydrogens is 308 g/mol. The molecule has 6 nitrogen and oxygen atoms in total. The van der Waals surface area contributed by atoms with Crippen LogP contribution in [-0.2, 0) is 6.42 Å². The van der Waals surface area contributed by atoms with Crippen LogP contribution in [0.2, 0.25) is 0 Å². The van der Waals surface area contributed by atoms with E-state index in [1.807, 2.05) is 19.1 Å². The second-order valence-electron chi connectivity index (χ2n) is 6.29. The van der Waals surface area contributed by atoms with Gasteiger partial charge >= 0.3 is 5.97 Å². The first-order valence-electron chi connectivity index (χ1n) is 8.20. The summed E-state index contributed by atoms with van der Waals surface area (Å²) >= 11 is 0. The van der Waals surface area contributed by atoms with Crippen LogP contribution in [0, 0.1) is 6.92 Å². The van der Waals surface area contributed by atoms with Crippen LogP contribution in [0.1, 0.15) is 28.6 Å². The van der Waals surface area contributed by atoms with Crippen LogP contribution in [0.15, 0.2) is 21.3 Å². The van der Waals surface area contributed by atoms with Crippen molar-refractivity contribution in [2.75, 3.05) is 38.1 Å². The Bertz CT molecular complexity index is 848. The third-order valence-electron chi connectivity index (χ3n) is 4.72. The molecule has 1 aromatic heterocycles. The highest BCUT2D eigenvalue weighted by atomic mass is 16.4. The third-order valence-corrected chi connectivity index (χ3v) is 4.72. The van der Waals surface area contributed by atoms with Crippen LogP contribution in [0.25, 0.3) is 11.0 Å². The monoisotopic (exact) mass is 330 g/mol. The van der Waals surface area contributed by atoms with Crippen LogP contribution in [0.3, 0.4) is 0 Å². The summed E-state index contributed by atoms with van der Waals surface area (Å²) < 4.78 is 5.76. The van der Waals surface area contributed by atoms with Gasteiger partial charge in [0.2, 0.25) is 5.76 Å². The lowest BCUT2D eigenvalue weighted by atomic mass is 10.0. The fraction of sp³-hybridized carbons (Fsp3) is 0.444. The normalized spacial score (nSPS) is 15.9. The number of likely N-dealkylation sites (N-methyl/N-ethyl adjacent to an activating group) is 1. The average molecular weight is 330 g/mol. The van der Waals surface area contributed by atoms with Crippen molar-refractivity contribution >= 4 is 22.6 Å². The fourth-order valence-electron chi connectivity index (χ4n) is 3.26. The van der Waals surface area contributed by atoms with E-state index in [0.717, 1.165) is 37.4 Å². The molecular formula is C18H22N2O4. The highest BCUT2D eigenvalue weighted by molar-refractivity contribution is 5.95. The summed E-state index contributed by atoms with van der Waals surface area (Å²) in [7, 11) is 2.07. The predicted octanol–water partition coefficient (Wildman–Crippen LogP) is 2.11. The van der Waals surface area contributed by atoms with E-state index in [1.165, 1.54) is 0 Å². The maximum Gasteiger partial charge on any atom is 0.372 e. The Kier molecular flexibility index (Phi) is 4.32. The first-order chi connectivity index (χ1) is 11.4. The largest absolute Gasteiger partial charge is 0.475 e. The number of fused-ring (bicyclic) bond motifs is 1. The zero-order chi connectivity index (χ0) is 17.4. The zero-order valence-electron chi connectivity index (χ0n) is 14.3. The average Bonchev–Trinajstić information content (AvgIpc) is 2.55. The van der Waals surface area contributed by atoms with Crippen molar-refractivity contribution in [3.8, 4) is 0 Å². The fourth-order valence-corrected chi connectivity index (χ4v) is 3.26. The zero-order valence-corrected chi connectivity index (χ0v) is 14.3. The lowest BCUT2D eigenvalue weighted by Gasteiger charge is -2.34. The van der Waals surface area contributed by atoms with Gasteiger partial charge in [0.1, 0.15) is 0 Å². The number of anilines is 1. The van der Waals surface area contributed by atoms with Crippen LogP contribution in [0.4, 0.5) is 5.69 Å². The van der Waals surface area contributed by atoms with E-state index in [-0.39, 0.29) is 16.8 Å². The van der Waals surface area contributed by atoms with Gasteiger partial charge in [0.25, 0.3) is 0 Å². The van der Waals surface area contributed by atoms with E-state index >= 15 is 0 Å². The Hall–Kier alpha value is -2.34. The summed E-state index contributed by atoms with van der Waals surface area (Å²) in [6, 6.07) is 3.83. The minimum Gasteiger partial charge on any atom is -0.475 e. The van der Waals surface area contributed by atoms with Gasteiger partial charge in [-0.05, 0) is 32.0 Å². The standard InChI is InChI=1S/C18H22N2O4/c1-4-12-15(21)14-11(2)5-6-13(17(14)24-16(12)18(22)23)20-9-7-19(3)8-10-20/h5-6H,4,7-10H2,1-3H3,(H,22,23). The van der Waals surface area contributed by atoms with E-state index < -0.39 is 5.97 Å². The van der Waals surface area contributed by atoms with E-state index in [4.69, 9.17) is 4.42 Å². The van der Waals surface area contributed by atoms with Gasteiger partial charge in [-0.15, -0.1) is 0 Å². The quantitative estimate of drug-likeness (QED) is 0.929. The molecule has 1 N–H and O–H groups in total. The Morgan fingerprint density at radius 1 is 1.25 bits per heavy atom. The summed E-state index contributed by atoms with van der Waals surface area (Å²) in [5, 5.41) is 9.93. The number of carbonyl (C=O) groups is 1. The van der Waals surface area contributed by atoms with E-state index in [2.05, 4.69) is 16.8 Å². The summed E-state index contributed by atoms with van der Waals surface area (Å²) in [5.41, 5.74) is 1.99. The highest BCUT2D eigenvalue weighted by Gasteiger charge is 2.24. The molecule has 0 radical (unpaired) electrons. The van der Waals surface area contributed by atoms with Crippen molar-refractivity contribution in [1.82, 2.24) is 4.90 Å². The number of aryl methyl sites for hydroxylation is 1. The van der Waals surface area contributed by atoms with Crippen molar-refractivity contribution in [1.29, 1.82) is 0 Å². The molecule has 1 aliphatic rings. The van der Waals surface area contributed by atoms with Gasteiger partial charge in [-0.1, -0.05) is 13.0 Å². The number of benzene rings is 1. The third kappa shape index (κ3) is 2.67. The summed E-state index contributed by atoms with van der Waals surface area (Å²) in [5.74, 6) is -1.44. The molecule has 0 spiro atoms. The molecule has 128 valence electrons. The van der Waals surface area contributed by atoms with E-state index in [9.17, 15) is 14.7 Å². The molecule has 0 amide bonds. The Labute approximate surface area is 140 Å². The van der Waals surface area contributed by atoms with Crippen molar-refractivity contribution in [2.45, 2.75) is 20.3 Å². The molecule has 0 atom stereocenters. The first kappa shape index (κ1) is 16.5. The lowest BCUT2D eigenvalue weighted by Crippen LogP contribution is -2.44. The van der Waals surface area contributed by atoms with Crippen LogP contribution < -0.4 is 10.3 Å². The number of aromatic carboxylic acids is 1. The van der Waals surface area contributed by atoms with Gasteiger partial charge in [0, 0.05) is 26.2 Å². The van der Waals surface area contributed by atoms with Gasteiger partial charge < -0.3 is 19.3 Å². The van der Waals surface area contributed by atoms with Gasteiger partial charge in [-0.25, -0.2) is 4.79 Å². The van der Waals surface area contributed by atoms with Crippen molar-refractivity contribution in [3.63, 3.8) is 0 Å². The summed E-state index contributed by atoms with van der Waals surface area (Å²) in [6.45, 7) is 7.08. The molecule has 0 unspecified atom stereocenters. The lowest BCUT2D eigenvalue weighted by molar-refractivity contribution is 0.0661. The van der Waals surface area contributed by atoms with Crippen molar-refractivity contribution < 1.29 is 14.3 Å². The summed E-state index contributed by atoms with van der Waals surface area (Å²) in [6.07, 6.45) is 0.331. The van der Waals surface area contributed by atoms with E-state index in [0.29, 0.717) is 17.4 Å². The number of hydrogen-bond acceptors (Lipinski definition) is 5. The highest BCUT2D eigenvalue weighted by Crippen LogP contribution is 2.30. The second-order valence-corrected chi connectivity index (χ2v) is 6.29. The maximum atomic E-state index is 12.8. The van der Waals surface area contributed by atoms with Gasteiger partial charge in [0.05, 0.1) is 16.6 Å². The number of piperazine rings is 1. The molecule has 1 saturated heterocycles. The molecule has 24 heavy (non-hydrogen) atoms.